The molecule has 0 aliphatic rings. The summed E-state index contributed by atoms with van der Waals surface area (Å²) in [6.07, 6.45) is 0. The van der Waals surface area contributed by atoms with Crippen molar-refractivity contribution >= 4 is 50.6 Å². The fourth-order valence-corrected chi connectivity index (χ4v) is 4.69. The summed E-state index contributed by atoms with van der Waals surface area (Å²) in [6, 6.07) is 16.3. The lowest BCUT2D eigenvalue weighted by molar-refractivity contribution is 0.666. The third kappa shape index (κ3) is 2.53. The Labute approximate surface area is 145 Å². The molecule has 3 heterocycles. The van der Waals surface area contributed by atoms with Crippen LogP contribution in [-0.2, 0) is 0 Å². The fourth-order valence-electron chi connectivity index (χ4n) is 2.56. The molecule has 0 aliphatic heterocycles. The summed E-state index contributed by atoms with van der Waals surface area (Å²) < 4.78 is 10.1. The van der Waals surface area contributed by atoms with Gasteiger partial charge in [-0.15, -0.1) is 22.7 Å². The van der Waals surface area contributed by atoms with Crippen LogP contribution in [0.3, 0.4) is 0 Å². The van der Waals surface area contributed by atoms with Crippen LogP contribution >= 0.6 is 34.7 Å². The van der Waals surface area contributed by atoms with Crippen molar-refractivity contribution in [1.82, 2.24) is 4.98 Å². The molecule has 0 unspecified atom stereocenters. The predicted molar refractivity (Wildman–Crippen MR) is 101 cm³/mol. The lowest BCUT2D eigenvalue weighted by Crippen LogP contribution is -1.90. The van der Waals surface area contributed by atoms with Crippen LogP contribution in [0.1, 0.15) is 0 Å². The number of nitrogens with zero attached hydrogens (tertiary/aromatic N) is 1. The zero-order valence-electron chi connectivity index (χ0n) is 11.9. The standard InChI is InChI=1S/C17H12N2OS3/c18-15-14-11(10-5-2-1-3-6-10)9-12(13-7-4-8-21-13)19-16(14)22-17(15)23-20/h1-9,20H,18H2. The van der Waals surface area contributed by atoms with Crippen molar-refractivity contribution < 1.29 is 4.55 Å². The van der Waals surface area contributed by atoms with Crippen molar-refractivity contribution in [3.8, 4) is 21.7 Å². The third-order valence-electron chi connectivity index (χ3n) is 3.61. The van der Waals surface area contributed by atoms with Gasteiger partial charge in [0.1, 0.15) is 9.04 Å². The lowest BCUT2D eigenvalue weighted by atomic mass is 10.0. The van der Waals surface area contributed by atoms with Crippen molar-refractivity contribution in [3.63, 3.8) is 0 Å². The number of benzene rings is 1. The van der Waals surface area contributed by atoms with Crippen molar-refractivity contribution in [2.24, 2.45) is 0 Å². The number of hydrogen-bond donors (Lipinski definition) is 2. The second-order valence-corrected chi connectivity index (χ2v) is 7.77. The summed E-state index contributed by atoms with van der Waals surface area (Å²) in [4.78, 5) is 6.73. The van der Waals surface area contributed by atoms with E-state index in [1.807, 2.05) is 29.6 Å². The maximum atomic E-state index is 9.46. The van der Waals surface area contributed by atoms with E-state index < -0.39 is 0 Å². The summed E-state index contributed by atoms with van der Waals surface area (Å²) >= 11 is 3.77. The third-order valence-corrected chi connectivity index (χ3v) is 6.25. The SMILES string of the molecule is Nc1c(SO)sc2nc(-c3cccs3)cc(-c3ccccc3)c12. The summed E-state index contributed by atoms with van der Waals surface area (Å²) in [7, 11) is 0. The molecule has 4 rings (SSSR count). The van der Waals surface area contributed by atoms with E-state index in [1.165, 1.54) is 11.3 Å². The molecule has 3 nitrogen and oxygen atoms in total. The summed E-state index contributed by atoms with van der Waals surface area (Å²) in [5.41, 5.74) is 9.92. The molecule has 0 saturated heterocycles. The van der Waals surface area contributed by atoms with Gasteiger partial charge in [-0.1, -0.05) is 36.4 Å². The topological polar surface area (TPSA) is 59.1 Å². The largest absolute Gasteiger partial charge is 0.396 e. The van der Waals surface area contributed by atoms with Crippen molar-refractivity contribution in [1.29, 1.82) is 0 Å². The molecule has 6 heteroatoms. The number of rotatable bonds is 3. The Morgan fingerprint density at radius 3 is 2.61 bits per heavy atom. The van der Waals surface area contributed by atoms with Crippen LogP contribution in [0.25, 0.3) is 31.9 Å². The molecule has 0 radical (unpaired) electrons. The van der Waals surface area contributed by atoms with Gasteiger partial charge in [0.25, 0.3) is 0 Å². The number of pyridine rings is 1. The van der Waals surface area contributed by atoms with E-state index in [0.717, 1.165) is 31.9 Å². The van der Waals surface area contributed by atoms with Crippen molar-refractivity contribution in [2.75, 3.05) is 5.73 Å². The molecule has 0 aliphatic carbocycles. The van der Waals surface area contributed by atoms with E-state index in [0.29, 0.717) is 21.9 Å². The molecule has 23 heavy (non-hydrogen) atoms. The number of aromatic nitrogens is 1. The predicted octanol–water partition coefficient (Wildman–Crippen LogP) is 5.84. The first-order valence-corrected chi connectivity index (χ1v) is 9.38. The lowest BCUT2D eigenvalue weighted by Gasteiger charge is -2.07. The number of nitrogen functional groups attached to an aromatic ring is 1. The van der Waals surface area contributed by atoms with Gasteiger partial charge in [-0.05, 0) is 28.6 Å². The number of anilines is 1. The smallest absolute Gasteiger partial charge is 0.127 e. The molecule has 1 aromatic carbocycles. The Bertz CT molecular complexity index is 963. The van der Waals surface area contributed by atoms with Gasteiger partial charge in [0.05, 0.1) is 16.3 Å². The zero-order valence-corrected chi connectivity index (χ0v) is 14.3. The second kappa shape index (κ2) is 5.98. The van der Waals surface area contributed by atoms with Gasteiger partial charge in [-0.3, -0.25) is 0 Å². The van der Waals surface area contributed by atoms with Gasteiger partial charge < -0.3 is 10.3 Å². The number of nitrogens with two attached hydrogens (primary N) is 1. The van der Waals surface area contributed by atoms with Crippen molar-refractivity contribution in [3.05, 3.63) is 53.9 Å². The molecular formula is C17H12N2OS3. The molecule has 0 fully saturated rings. The molecule has 0 spiro atoms. The normalized spacial score (nSPS) is 11.2. The highest BCUT2D eigenvalue weighted by atomic mass is 32.2. The van der Waals surface area contributed by atoms with E-state index in [1.54, 1.807) is 11.3 Å². The number of fused-ring (bicyclic) bond motifs is 1. The van der Waals surface area contributed by atoms with Gasteiger partial charge in [0, 0.05) is 17.4 Å². The van der Waals surface area contributed by atoms with E-state index >= 15 is 0 Å². The molecule has 114 valence electrons. The minimum Gasteiger partial charge on any atom is -0.396 e. The van der Waals surface area contributed by atoms with Gasteiger partial charge >= 0.3 is 0 Å². The molecule has 3 N–H and O–H groups in total. The fraction of sp³-hybridized carbons (Fsp3) is 0. The highest BCUT2D eigenvalue weighted by Gasteiger charge is 2.18. The summed E-state index contributed by atoms with van der Waals surface area (Å²) in [6.45, 7) is 0. The van der Waals surface area contributed by atoms with E-state index in [4.69, 9.17) is 10.7 Å². The molecular weight excluding hydrogens is 344 g/mol. The van der Waals surface area contributed by atoms with Crippen LogP contribution in [-0.4, -0.2) is 9.54 Å². The zero-order chi connectivity index (χ0) is 15.8. The summed E-state index contributed by atoms with van der Waals surface area (Å²) in [5.74, 6) is 0. The van der Waals surface area contributed by atoms with E-state index in [-0.39, 0.29) is 0 Å². The van der Waals surface area contributed by atoms with Crippen LogP contribution in [0, 0.1) is 0 Å². The number of thiophene rings is 2. The molecule has 4 aromatic rings. The first-order valence-electron chi connectivity index (χ1n) is 6.91. The highest BCUT2D eigenvalue weighted by molar-refractivity contribution is 7.96. The monoisotopic (exact) mass is 356 g/mol. The Morgan fingerprint density at radius 2 is 1.91 bits per heavy atom. The van der Waals surface area contributed by atoms with Crippen LogP contribution in [0.4, 0.5) is 5.69 Å². The first kappa shape index (κ1) is 14.7. The summed E-state index contributed by atoms with van der Waals surface area (Å²) in [5, 5.41) is 2.96. The molecule has 0 bridgehead atoms. The molecule has 3 aromatic heterocycles. The van der Waals surface area contributed by atoms with Crippen molar-refractivity contribution in [2.45, 2.75) is 4.21 Å². The Kier molecular flexibility index (Phi) is 3.82. The minimum atomic E-state index is 0.599. The molecule has 0 saturated carbocycles. The molecule has 0 atom stereocenters. The Morgan fingerprint density at radius 1 is 1.09 bits per heavy atom. The van der Waals surface area contributed by atoms with Gasteiger partial charge in [0.2, 0.25) is 0 Å². The Balaban J connectivity index is 2.06. The van der Waals surface area contributed by atoms with Crippen LogP contribution < -0.4 is 5.73 Å². The quantitative estimate of drug-likeness (QED) is 0.453. The maximum Gasteiger partial charge on any atom is 0.127 e. The first-order chi connectivity index (χ1) is 11.3. The molecule has 0 amide bonds. The van der Waals surface area contributed by atoms with Gasteiger partial charge in [-0.25, -0.2) is 4.98 Å². The second-order valence-electron chi connectivity index (χ2n) is 4.97. The highest BCUT2D eigenvalue weighted by Crippen LogP contribution is 2.44. The van der Waals surface area contributed by atoms with E-state index in [2.05, 4.69) is 24.3 Å². The number of hydrogen-bond acceptors (Lipinski definition) is 6. The Hall–Kier alpha value is -1.86. The average Bonchev–Trinajstić information content (AvgIpc) is 3.23. The van der Waals surface area contributed by atoms with Gasteiger partial charge in [-0.2, -0.15) is 0 Å². The van der Waals surface area contributed by atoms with Gasteiger partial charge in [0.15, 0.2) is 0 Å². The van der Waals surface area contributed by atoms with Crippen LogP contribution in [0.15, 0.2) is 58.1 Å². The minimum absolute atomic E-state index is 0.599. The maximum absolute atomic E-state index is 9.46. The van der Waals surface area contributed by atoms with E-state index in [9.17, 15) is 4.55 Å². The average molecular weight is 356 g/mol. The van der Waals surface area contributed by atoms with Crippen LogP contribution in [0.5, 0.6) is 0 Å². The van der Waals surface area contributed by atoms with Crippen LogP contribution in [0.2, 0.25) is 0 Å².